The summed E-state index contributed by atoms with van der Waals surface area (Å²) < 4.78 is 48.5. The summed E-state index contributed by atoms with van der Waals surface area (Å²) in [6.45, 7) is 5.46. The van der Waals surface area contributed by atoms with Crippen LogP contribution in [0.25, 0.3) is 11.3 Å². The van der Waals surface area contributed by atoms with Gasteiger partial charge in [0, 0.05) is 12.4 Å². The first-order chi connectivity index (χ1) is 17.5. The summed E-state index contributed by atoms with van der Waals surface area (Å²) in [5.74, 6) is 0.434. The molecule has 2 aromatic carbocycles. The van der Waals surface area contributed by atoms with Crippen LogP contribution in [0, 0.1) is 32.1 Å². The van der Waals surface area contributed by atoms with Crippen LogP contribution in [-0.4, -0.2) is 14.5 Å². The lowest BCUT2D eigenvalue weighted by atomic mass is 10.0. The summed E-state index contributed by atoms with van der Waals surface area (Å²) in [5.41, 5.74) is 0.290. The number of halogens is 4. The fraction of sp³-hybridized carbons (Fsp3) is 0.185. The number of nitriles is 1. The van der Waals surface area contributed by atoms with E-state index in [1.54, 1.807) is 19.1 Å². The van der Waals surface area contributed by atoms with E-state index >= 15 is 0 Å². The van der Waals surface area contributed by atoms with Crippen LogP contribution in [0.15, 0.2) is 59.7 Å². The second kappa shape index (κ2) is 10.1. The number of alkyl halides is 3. The average molecular weight is 525 g/mol. The second-order valence-corrected chi connectivity index (χ2v) is 8.84. The SMILES string of the molecule is Cc1ccc(Cn2c(-c3ccc(Oc4nccnc4Cl)c(C)c3)cc(C(F)(F)F)c(C#N)c2=O)c(C)c1. The van der Waals surface area contributed by atoms with Crippen molar-refractivity contribution in [3.63, 3.8) is 0 Å². The molecule has 0 bridgehead atoms. The molecular weight excluding hydrogens is 505 g/mol. The predicted molar refractivity (Wildman–Crippen MR) is 133 cm³/mol. The number of benzene rings is 2. The maximum Gasteiger partial charge on any atom is 0.417 e. The molecule has 0 aliphatic heterocycles. The molecule has 0 spiro atoms. The first-order valence-corrected chi connectivity index (χ1v) is 11.4. The van der Waals surface area contributed by atoms with Crippen LogP contribution in [0.4, 0.5) is 13.2 Å². The predicted octanol–water partition coefficient (Wildman–Crippen LogP) is 6.62. The molecule has 10 heteroatoms. The van der Waals surface area contributed by atoms with Gasteiger partial charge in [0.1, 0.15) is 17.4 Å². The van der Waals surface area contributed by atoms with Gasteiger partial charge in [0.05, 0.1) is 17.8 Å². The van der Waals surface area contributed by atoms with E-state index < -0.39 is 22.9 Å². The van der Waals surface area contributed by atoms with E-state index in [1.807, 2.05) is 32.0 Å². The Bertz CT molecular complexity index is 1610. The smallest absolute Gasteiger partial charge is 0.417 e. The van der Waals surface area contributed by atoms with Crippen molar-refractivity contribution in [2.75, 3.05) is 0 Å². The van der Waals surface area contributed by atoms with Gasteiger partial charge in [-0.05, 0) is 67.3 Å². The Labute approximate surface area is 215 Å². The van der Waals surface area contributed by atoms with Crippen molar-refractivity contribution in [3.8, 4) is 29.0 Å². The molecular formula is C27H20ClF3N4O2. The van der Waals surface area contributed by atoms with E-state index in [-0.39, 0.29) is 23.3 Å². The average Bonchev–Trinajstić information content (AvgIpc) is 2.83. The number of hydrogen-bond donors (Lipinski definition) is 0. The minimum atomic E-state index is -4.89. The monoisotopic (exact) mass is 524 g/mol. The lowest BCUT2D eigenvalue weighted by molar-refractivity contribution is -0.137. The summed E-state index contributed by atoms with van der Waals surface area (Å²) in [6, 6.07) is 12.6. The Morgan fingerprint density at radius 3 is 2.38 bits per heavy atom. The highest BCUT2D eigenvalue weighted by molar-refractivity contribution is 6.30. The number of pyridine rings is 1. The zero-order chi connectivity index (χ0) is 26.9. The van der Waals surface area contributed by atoms with E-state index in [2.05, 4.69) is 9.97 Å². The van der Waals surface area contributed by atoms with Gasteiger partial charge in [-0.1, -0.05) is 35.4 Å². The topological polar surface area (TPSA) is 80.8 Å². The van der Waals surface area contributed by atoms with E-state index in [4.69, 9.17) is 16.3 Å². The van der Waals surface area contributed by atoms with Gasteiger partial charge >= 0.3 is 6.18 Å². The minimum absolute atomic E-state index is 0.0143. The standard InChI is InChI=1S/C27H20ClF3N4O2/c1-15-4-5-19(16(2)10-15)14-35-22(12-21(27(29,30)31)20(13-32)26(35)36)18-6-7-23(17(3)11-18)37-25-24(28)33-8-9-34-25/h4-12H,14H2,1-3H3. The van der Waals surface area contributed by atoms with Gasteiger partial charge in [-0.15, -0.1) is 0 Å². The Morgan fingerprint density at radius 1 is 1.03 bits per heavy atom. The minimum Gasteiger partial charge on any atom is -0.436 e. The van der Waals surface area contributed by atoms with E-state index in [0.29, 0.717) is 16.9 Å². The van der Waals surface area contributed by atoms with Crippen LogP contribution < -0.4 is 10.3 Å². The Balaban J connectivity index is 1.89. The molecule has 2 aromatic heterocycles. The lowest BCUT2D eigenvalue weighted by Gasteiger charge is -2.19. The molecule has 0 radical (unpaired) electrons. The summed E-state index contributed by atoms with van der Waals surface area (Å²) in [4.78, 5) is 21.2. The maximum atomic E-state index is 13.9. The van der Waals surface area contributed by atoms with E-state index in [1.165, 1.54) is 29.1 Å². The number of nitrogens with zero attached hydrogens (tertiary/aromatic N) is 4. The third-order valence-corrected chi connectivity index (χ3v) is 6.10. The van der Waals surface area contributed by atoms with Crippen LogP contribution >= 0.6 is 11.6 Å². The quantitative estimate of drug-likeness (QED) is 0.293. The largest absolute Gasteiger partial charge is 0.436 e. The highest BCUT2D eigenvalue weighted by Crippen LogP contribution is 2.36. The fourth-order valence-electron chi connectivity index (χ4n) is 3.97. The molecule has 4 rings (SSSR count). The summed E-state index contributed by atoms with van der Waals surface area (Å²) in [6.07, 6.45) is -2.08. The summed E-state index contributed by atoms with van der Waals surface area (Å²) in [7, 11) is 0. The fourth-order valence-corrected chi connectivity index (χ4v) is 4.12. The molecule has 0 saturated carbocycles. The molecule has 0 amide bonds. The van der Waals surface area contributed by atoms with Crippen molar-refractivity contribution in [2.45, 2.75) is 33.5 Å². The number of rotatable bonds is 5. The molecule has 0 N–H and O–H groups in total. The number of hydrogen-bond acceptors (Lipinski definition) is 5. The van der Waals surface area contributed by atoms with Crippen molar-refractivity contribution in [2.24, 2.45) is 0 Å². The van der Waals surface area contributed by atoms with Crippen molar-refractivity contribution in [1.82, 2.24) is 14.5 Å². The Hall–Kier alpha value is -4.16. The van der Waals surface area contributed by atoms with Crippen molar-refractivity contribution in [3.05, 3.63) is 104 Å². The van der Waals surface area contributed by atoms with Crippen LogP contribution in [0.1, 0.15) is 33.4 Å². The van der Waals surface area contributed by atoms with Gasteiger partial charge in [0.25, 0.3) is 11.4 Å². The van der Waals surface area contributed by atoms with Crippen molar-refractivity contribution < 1.29 is 17.9 Å². The van der Waals surface area contributed by atoms with E-state index in [9.17, 15) is 23.2 Å². The lowest BCUT2D eigenvalue weighted by Crippen LogP contribution is -2.29. The van der Waals surface area contributed by atoms with Crippen LogP contribution in [0.3, 0.4) is 0 Å². The molecule has 0 unspecified atom stereocenters. The molecule has 0 saturated heterocycles. The van der Waals surface area contributed by atoms with Crippen LogP contribution in [0.5, 0.6) is 11.6 Å². The molecule has 0 atom stereocenters. The highest BCUT2D eigenvalue weighted by Gasteiger charge is 2.36. The van der Waals surface area contributed by atoms with Gasteiger partial charge in [-0.3, -0.25) is 4.79 Å². The van der Waals surface area contributed by atoms with Crippen molar-refractivity contribution >= 4 is 11.6 Å². The first-order valence-electron chi connectivity index (χ1n) is 11.1. The molecule has 188 valence electrons. The molecule has 0 aliphatic rings. The van der Waals surface area contributed by atoms with Crippen LogP contribution in [-0.2, 0) is 12.7 Å². The molecule has 0 fully saturated rings. The summed E-state index contributed by atoms with van der Waals surface area (Å²) >= 11 is 6.01. The van der Waals surface area contributed by atoms with Gasteiger partial charge in [0.15, 0.2) is 5.15 Å². The molecule has 2 heterocycles. The maximum absolute atomic E-state index is 13.9. The Kier molecular flexibility index (Phi) is 7.05. The zero-order valence-electron chi connectivity index (χ0n) is 20.0. The number of aromatic nitrogens is 3. The molecule has 6 nitrogen and oxygen atoms in total. The van der Waals surface area contributed by atoms with E-state index in [0.717, 1.165) is 22.8 Å². The number of aryl methyl sites for hydroxylation is 3. The second-order valence-electron chi connectivity index (χ2n) is 8.48. The summed E-state index contributed by atoms with van der Waals surface area (Å²) in [5, 5.41) is 9.50. The number of ether oxygens (including phenoxy) is 1. The highest BCUT2D eigenvalue weighted by atomic mass is 35.5. The van der Waals surface area contributed by atoms with Gasteiger partial charge < -0.3 is 9.30 Å². The van der Waals surface area contributed by atoms with Gasteiger partial charge in [-0.25, -0.2) is 9.97 Å². The van der Waals surface area contributed by atoms with Crippen LogP contribution in [0.2, 0.25) is 5.15 Å². The molecule has 4 aromatic rings. The normalized spacial score (nSPS) is 11.3. The van der Waals surface area contributed by atoms with Gasteiger partial charge in [0.2, 0.25) is 0 Å². The van der Waals surface area contributed by atoms with Crippen molar-refractivity contribution in [1.29, 1.82) is 5.26 Å². The zero-order valence-corrected chi connectivity index (χ0v) is 20.8. The third-order valence-electron chi connectivity index (χ3n) is 5.84. The molecule has 0 aliphatic carbocycles. The third kappa shape index (κ3) is 5.34. The van der Waals surface area contributed by atoms with Gasteiger partial charge in [-0.2, -0.15) is 18.4 Å². The Morgan fingerprint density at radius 2 is 1.76 bits per heavy atom. The molecule has 37 heavy (non-hydrogen) atoms. The first kappa shape index (κ1) is 25.9.